The molecule has 0 amide bonds. The lowest BCUT2D eigenvalue weighted by atomic mass is 9.92. The topological polar surface area (TPSA) is 81.2 Å². The SMILES string of the molecule is N#CC1=Cc2c(n(-c3ccc(C#N)cc3-c3cc(-c4cccc(-n5c6c(c7ccccc75)CCC=C6)c4)ccc3C#N)c3ccccc23)CC1. The first kappa shape index (κ1) is 29.3. The van der Waals surface area contributed by atoms with E-state index in [1.165, 1.54) is 22.2 Å². The number of aryl methyl sites for hydroxylation is 1. The Balaban J connectivity index is 1.24. The molecule has 0 N–H and O–H groups in total. The van der Waals surface area contributed by atoms with Crippen LogP contribution in [0.2, 0.25) is 0 Å². The van der Waals surface area contributed by atoms with E-state index in [0.717, 1.165) is 74.2 Å². The van der Waals surface area contributed by atoms with Gasteiger partial charge >= 0.3 is 0 Å². The van der Waals surface area contributed by atoms with Crippen molar-refractivity contribution in [3.8, 4) is 51.8 Å². The first-order valence-corrected chi connectivity index (χ1v) is 16.9. The van der Waals surface area contributed by atoms with Gasteiger partial charge in [-0.25, -0.2) is 0 Å². The van der Waals surface area contributed by atoms with Crippen molar-refractivity contribution >= 4 is 34.0 Å². The van der Waals surface area contributed by atoms with Crippen LogP contribution in [0.3, 0.4) is 0 Å². The Bertz CT molecular complexity index is 2750. The molecule has 0 bridgehead atoms. The minimum absolute atomic E-state index is 0.523. The molecule has 0 unspecified atom stereocenters. The molecule has 5 nitrogen and oxygen atoms in total. The summed E-state index contributed by atoms with van der Waals surface area (Å²) in [6.07, 6.45) is 9.96. The molecule has 0 aliphatic heterocycles. The molecule has 234 valence electrons. The van der Waals surface area contributed by atoms with Gasteiger partial charge in [-0.2, -0.15) is 15.8 Å². The Morgan fingerprint density at radius 3 is 2.22 bits per heavy atom. The molecule has 50 heavy (non-hydrogen) atoms. The second kappa shape index (κ2) is 11.7. The molecule has 7 aromatic rings. The number of rotatable bonds is 4. The van der Waals surface area contributed by atoms with Gasteiger partial charge in [0.05, 0.1) is 46.1 Å². The first-order chi connectivity index (χ1) is 24.7. The number of nitriles is 3. The van der Waals surface area contributed by atoms with Gasteiger partial charge < -0.3 is 9.13 Å². The lowest BCUT2D eigenvalue weighted by molar-refractivity contribution is 0.871. The molecule has 9 rings (SSSR count). The molecule has 0 fully saturated rings. The predicted molar refractivity (Wildman–Crippen MR) is 200 cm³/mol. The van der Waals surface area contributed by atoms with E-state index in [1.54, 1.807) is 0 Å². The molecule has 2 aliphatic rings. The van der Waals surface area contributed by atoms with Crippen LogP contribution in [0, 0.1) is 34.0 Å². The van der Waals surface area contributed by atoms with Crippen molar-refractivity contribution in [1.82, 2.24) is 9.13 Å². The van der Waals surface area contributed by atoms with Crippen LogP contribution in [0.25, 0.3) is 67.6 Å². The number of allylic oxidation sites excluding steroid dienone is 2. The zero-order valence-electron chi connectivity index (χ0n) is 27.2. The van der Waals surface area contributed by atoms with Crippen LogP contribution in [-0.4, -0.2) is 9.13 Å². The number of fused-ring (bicyclic) bond motifs is 6. The Kier molecular flexibility index (Phi) is 6.84. The molecule has 5 heteroatoms. The van der Waals surface area contributed by atoms with Crippen LogP contribution < -0.4 is 0 Å². The smallest absolute Gasteiger partial charge is 0.0998 e. The number of nitrogens with zero attached hydrogens (tertiary/aromatic N) is 5. The number of hydrogen-bond donors (Lipinski definition) is 0. The normalized spacial score (nSPS) is 13.3. The summed E-state index contributed by atoms with van der Waals surface area (Å²) in [6, 6.07) is 44.3. The molecule has 0 spiro atoms. The van der Waals surface area contributed by atoms with Crippen molar-refractivity contribution in [2.75, 3.05) is 0 Å². The summed E-state index contributed by atoms with van der Waals surface area (Å²) in [6.45, 7) is 0. The maximum atomic E-state index is 10.4. The quantitative estimate of drug-likeness (QED) is 0.192. The number of aromatic nitrogens is 2. The van der Waals surface area contributed by atoms with E-state index in [1.807, 2.05) is 48.5 Å². The Morgan fingerprint density at radius 2 is 1.40 bits per heavy atom. The molecule has 2 heterocycles. The molecule has 2 aromatic heterocycles. The second-order valence-corrected chi connectivity index (χ2v) is 12.9. The summed E-state index contributed by atoms with van der Waals surface area (Å²) in [5, 5.41) is 32.5. The summed E-state index contributed by atoms with van der Waals surface area (Å²) in [4.78, 5) is 0. The van der Waals surface area contributed by atoms with Crippen LogP contribution in [0.15, 0.2) is 121 Å². The predicted octanol–water partition coefficient (Wildman–Crippen LogP) is 10.5. The fraction of sp³-hybridized carbons (Fsp3) is 0.0889. The van der Waals surface area contributed by atoms with Crippen LogP contribution in [0.4, 0.5) is 0 Å². The Hall–Kier alpha value is -6.87. The highest BCUT2D eigenvalue weighted by molar-refractivity contribution is 5.96. The van der Waals surface area contributed by atoms with Gasteiger partial charge in [0.25, 0.3) is 0 Å². The minimum Gasteiger partial charge on any atom is -0.312 e. The van der Waals surface area contributed by atoms with E-state index in [0.29, 0.717) is 24.0 Å². The van der Waals surface area contributed by atoms with Crippen LogP contribution in [-0.2, 0) is 12.8 Å². The van der Waals surface area contributed by atoms with Crippen molar-refractivity contribution in [3.05, 3.63) is 154 Å². The fourth-order valence-electron chi connectivity index (χ4n) is 7.94. The van der Waals surface area contributed by atoms with E-state index >= 15 is 0 Å². The van der Waals surface area contributed by atoms with Gasteiger partial charge in [-0.05, 0) is 109 Å². The van der Waals surface area contributed by atoms with Crippen LogP contribution in [0.5, 0.6) is 0 Å². The monoisotopic (exact) mass is 639 g/mol. The van der Waals surface area contributed by atoms with Gasteiger partial charge in [0.15, 0.2) is 0 Å². The third kappa shape index (κ3) is 4.51. The van der Waals surface area contributed by atoms with E-state index in [4.69, 9.17) is 0 Å². The van der Waals surface area contributed by atoms with Crippen LogP contribution in [0.1, 0.15) is 46.5 Å². The highest BCUT2D eigenvalue weighted by Crippen LogP contribution is 2.41. The average Bonchev–Trinajstić information content (AvgIpc) is 3.70. The fourth-order valence-corrected chi connectivity index (χ4v) is 7.94. The number of hydrogen-bond acceptors (Lipinski definition) is 3. The first-order valence-electron chi connectivity index (χ1n) is 16.9. The van der Waals surface area contributed by atoms with Gasteiger partial charge in [-0.15, -0.1) is 0 Å². The molecule has 2 aliphatic carbocycles. The third-order valence-electron chi connectivity index (χ3n) is 10.2. The largest absolute Gasteiger partial charge is 0.312 e. The number of para-hydroxylation sites is 2. The molecular weight excluding hydrogens is 611 g/mol. The van der Waals surface area contributed by atoms with Crippen molar-refractivity contribution in [3.63, 3.8) is 0 Å². The van der Waals surface area contributed by atoms with E-state index in [-0.39, 0.29) is 0 Å². The highest BCUT2D eigenvalue weighted by atomic mass is 15.0. The van der Waals surface area contributed by atoms with Crippen molar-refractivity contribution in [1.29, 1.82) is 15.8 Å². The van der Waals surface area contributed by atoms with Crippen molar-refractivity contribution < 1.29 is 0 Å². The molecule has 0 atom stereocenters. The maximum Gasteiger partial charge on any atom is 0.0998 e. The zero-order valence-corrected chi connectivity index (χ0v) is 27.2. The van der Waals surface area contributed by atoms with E-state index in [2.05, 4.69) is 106 Å². The molecule has 0 radical (unpaired) electrons. The van der Waals surface area contributed by atoms with Gasteiger partial charge in [0.2, 0.25) is 0 Å². The summed E-state index contributed by atoms with van der Waals surface area (Å²) < 4.78 is 4.61. The molecule has 0 saturated carbocycles. The Labute approximate surface area is 290 Å². The molecule has 0 saturated heterocycles. The maximum absolute atomic E-state index is 10.4. The third-order valence-corrected chi connectivity index (χ3v) is 10.2. The summed E-state index contributed by atoms with van der Waals surface area (Å²) in [5.41, 5.74) is 14.4. The standard InChI is InChI=1S/C45H29N5/c46-26-29-16-20-44-39(22-29)37-12-3-6-15-43(37)50(44)45-21-17-30(27-47)23-40(45)38-25-32(18-19-33(38)28-48)31-8-7-9-34(24-31)49-41-13-4-1-10-35(41)36-11-2-5-14-42(36)49/h1,3-10,12-15,17-19,21-25H,2,11,16,20H2. The summed E-state index contributed by atoms with van der Waals surface area (Å²) in [5.74, 6) is 0. The highest BCUT2D eigenvalue weighted by Gasteiger charge is 2.24. The lowest BCUT2D eigenvalue weighted by Crippen LogP contribution is -2.07. The molecule has 5 aromatic carbocycles. The zero-order chi connectivity index (χ0) is 33.8. The number of benzene rings is 5. The lowest BCUT2D eigenvalue weighted by Gasteiger charge is -2.19. The molecular formula is C45H29N5. The summed E-state index contributed by atoms with van der Waals surface area (Å²) >= 11 is 0. The van der Waals surface area contributed by atoms with Gasteiger partial charge in [-0.1, -0.05) is 60.7 Å². The van der Waals surface area contributed by atoms with Crippen molar-refractivity contribution in [2.24, 2.45) is 0 Å². The van der Waals surface area contributed by atoms with E-state index in [9.17, 15) is 15.8 Å². The van der Waals surface area contributed by atoms with Gasteiger partial charge in [0, 0.05) is 50.1 Å². The van der Waals surface area contributed by atoms with Gasteiger partial charge in [0.1, 0.15) is 0 Å². The van der Waals surface area contributed by atoms with Gasteiger partial charge in [-0.3, -0.25) is 0 Å². The average molecular weight is 640 g/mol. The second-order valence-electron chi connectivity index (χ2n) is 12.9. The van der Waals surface area contributed by atoms with Crippen LogP contribution >= 0.6 is 0 Å². The Morgan fingerprint density at radius 1 is 0.600 bits per heavy atom. The van der Waals surface area contributed by atoms with Crippen molar-refractivity contribution in [2.45, 2.75) is 25.7 Å². The minimum atomic E-state index is 0.523. The van der Waals surface area contributed by atoms with E-state index < -0.39 is 0 Å². The summed E-state index contributed by atoms with van der Waals surface area (Å²) in [7, 11) is 0.